The van der Waals surface area contributed by atoms with Gasteiger partial charge in [-0.15, -0.1) is 0 Å². The molecule has 0 saturated heterocycles. The maximum absolute atomic E-state index is 13.3. The summed E-state index contributed by atoms with van der Waals surface area (Å²) in [6, 6.07) is 26.3. The van der Waals surface area contributed by atoms with Crippen molar-refractivity contribution in [3.8, 4) is 0 Å². The molecule has 0 bridgehead atoms. The van der Waals surface area contributed by atoms with Crippen LogP contribution in [0.15, 0.2) is 84.9 Å². The van der Waals surface area contributed by atoms with Gasteiger partial charge in [0.2, 0.25) is 5.91 Å². The van der Waals surface area contributed by atoms with E-state index >= 15 is 0 Å². The molecule has 4 nitrogen and oxygen atoms in total. The number of hydrogen-bond acceptors (Lipinski definition) is 3. The highest BCUT2D eigenvalue weighted by Crippen LogP contribution is 2.25. The minimum atomic E-state index is -0.760. The molecule has 29 heavy (non-hydrogen) atoms. The maximum Gasteiger partial charge on any atom is 0.328 e. The van der Waals surface area contributed by atoms with Gasteiger partial charge in [-0.3, -0.25) is 4.79 Å². The van der Waals surface area contributed by atoms with Crippen molar-refractivity contribution in [3.05, 3.63) is 107 Å². The predicted octanol–water partition coefficient (Wildman–Crippen LogP) is 4.03. The van der Waals surface area contributed by atoms with E-state index in [0.29, 0.717) is 6.42 Å². The number of carbonyl (C=O) groups is 2. The Morgan fingerprint density at radius 1 is 0.862 bits per heavy atom. The van der Waals surface area contributed by atoms with Crippen LogP contribution >= 0.6 is 0 Å². The lowest BCUT2D eigenvalue weighted by molar-refractivity contribution is -0.145. The summed E-state index contributed by atoms with van der Waals surface area (Å²) in [4.78, 5) is 25.7. The second-order valence-electron chi connectivity index (χ2n) is 7.03. The molecule has 1 N–H and O–H groups in total. The number of amides is 1. The average Bonchev–Trinajstić information content (AvgIpc) is 2.74. The van der Waals surface area contributed by atoms with Gasteiger partial charge >= 0.3 is 5.97 Å². The molecule has 3 aromatic carbocycles. The quantitative estimate of drug-likeness (QED) is 0.623. The molecule has 0 unspecified atom stereocenters. The second-order valence-corrected chi connectivity index (χ2v) is 7.03. The van der Waals surface area contributed by atoms with Gasteiger partial charge in [0.25, 0.3) is 0 Å². The third-order valence-electron chi connectivity index (χ3n) is 4.85. The third kappa shape index (κ3) is 5.32. The first kappa shape index (κ1) is 20.3. The SMILES string of the molecule is COC(=O)[C@@H](Cc1cccc(C)c1)NC(=O)C(c1ccccc1)c1ccccc1. The first-order chi connectivity index (χ1) is 14.1. The van der Waals surface area contributed by atoms with E-state index < -0.39 is 17.9 Å². The Bertz CT molecular complexity index is 915. The average molecular weight is 387 g/mol. The Morgan fingerprint density at radius 2 is 1.45 bits per heavy atom. The van der Waals surface area contributed by atoms with E-state index in [2.05, 4.69) is 5.32 Å². The van der Waals surface area contributed by atoms with E-state index in [1.54, 1.807) is 0 Å². The summed E-state index contributed by atoms with van der Waals surface area (Å²) >= 11 is 0. The number of carbonyl (C=O) groups excluding carboxylic acids is 2. The van der Waals surface area contributed by atoms with Crippen molar-refractivity contribution in [3.63, 3.8) is 0 Å². The van der Waals surface area contributed by atoms with Crippen molar-refractivity contribution in [2.75, 3.05) is 7.11 Å². The smallest absolute Gasteiger partial charge is 0.328 e. The summed E-state index contributed by atoms with van der Waals surface area (Å²) in [5.41, 5.74) is 3.81. The van der Waals surface area contributed by atoms with E-state index in [1.807, 2.05) is 91.9 Å². The monoisotopic (exact) mass is 387 g/mol. The van der Waals surface area contributed by atoms with Gasteiger partial charge in [0.1, 0.15) is 6.04 Å². The maximum atomic E-state index is 13.3. The highest BCUT2D eigenvalue weighted by molar-refractivity contribution is 5.91. The van der Waals surface area contributed by atoms with Crippen molar-refractivity contribution in [1.29, 1.82) is 0 Å². The topological polar surface area (TPSA) is 55.4 Å². The number of esters is 1. The Morgan fingerprint density at radius 3 is 1.97 bits per heavy atom. The molecule has 0 aromatic heterocycles. The number of aryl methyl sites for hydroxylation is 1. The third-order valence-corrected chi connectivity index (χ3v) is 4.85. The highest BCUT2D eigenvalue weighted by Gasteiger charge is 2.28. The van der Waals surface area contributed by atoms with Crippen LogP contribution in [0.5, 0.6) is 0 Å². The van der Waals surface area contributed by atoms with E-state index in [1.165, 1.54) is 7.11 Å². The number of methoxy groups -OCH3 is 1. The zero-order valence-corrected chi connectivity index (χ0v) is 16.7. The Kier molecular flexibility index (Phi) is 6.80. The molecule has 0 radical (unpaired) electrons. The van der Waals surface area contributed by atoms with Crippen LogP contribution in [0.4, 0.5) is 0 Å². The molecule has 0 heterocycles. The molecule has 3 rings (SSSR count). The van der Waals surface area contributed by atoms with E-state index in [0.717, 1.165) is 22.3 Å². The molecule has 0 aliphatic rings. The number of rotatable bonds is 7. The molecule has 0 spiro atoms. The summed E-state index contributed by atoms with van der Waals surface area (Å²) in [5.74, 6) is -1.20. The zero-order valence-electron chi connectivity index (χ0n) is 16.7. The molecule has 1 amide bonds. The molecule has 0 aliphatic carbocycles. The molecule has 0 aliphatic heterocycles. The summed E-state index contributed by atoms with van der Waals surface area (Å²) in [5, 5.41) is 2.92. The second kappa shape index (κ2) is 9.69. The number of ether oxygens (including phenoxy) is 1. The fourth-order valence-corrected chi connectivity index (χ4v) is 3.45. The van der Waals surface area contributed by atoms with Crippen LogP contribution in [0.25, 0.3) is 0 Å². The summed E-state index contributed by atoms with van der Waals surface area (Å²) in [7, 11) is 1.34. The van der Waals surface area contributed by atoms with Gasteiger partial charge in [0.15, 0.2) is 0 Å². The van der Waals surface area contributed by atoms with Gasteiger partial charge in [0.05, 0.1) is 13.0 Å². The highest BCUT2D eigenvalue weighted by atomic mass is 16.5. The molecule has 0 saturated carbocycles. The van der Waals surface area contributed by atoms with Crippen molar-refractivity contribution in [1.82, 2.24) is 5.32 Å². The van der Waals surface area contributed by atoms with Crippen LogP contribution in [0.3, 0.4) is 0 Å². The first-order valence-electron chi connectivity index (χ1n) is 9.62. The molecule has 148 valence electrons. The summed E-state index contributed by atoms with van der Waals surface area (Å²) in [6.07, 6.45) is 0.371. The Labute approximate surface area is 171 Å². The van der Waals surface area contributed by atoms with Crippen molar-refractivity contribution >= 4 is 11.9 Å². The van der Waals surface area contributed by atoms with Crippen molar-refractivity contribution < 1.29 is 14.3 Å². The summed E-state index contributed by atoms with van der Waals surface area (Å²) in [6.45, 7) is 2.00. The predicted molar refractivity (Wildman–Crippen MR) is 114 cm³/mol. The van der Waals surface area contributed by atoms with Crippen molar-refractivity contribution in [2.45, 2.75) is 25.3 Å². The lowest BCUT2D eigenvalue weighted by Crippen LogP contribution is -2.45. The number of hydrogen-bond donors (Lipinski definition) is 1. The largest absolute Gasteiger partial charge is 0.467 e. The van der Waals surface area contributed by atoms with Gasteiger partial charge in [0, 0.05) is 6.42 Å². The van der Waals surface area contributed by atoms with Gasteiger partial charge in [-0.25, -0.2) is 4.79 Å². The zero-order chi connectivity index (χ0) is 20.6. The van der Waals surface area contributed by atoms with E-state index in [4.69, 9.17) is 4.74 Å². The lowest BCUT2D eigenvalue weighted by Gasteiger charge is -2.22. The van der Waals surface area contributed by atoms with Crippen LogP contribution in [-0.2, 0) is 20.7 Å². The number of nitrogens with one attached hydrogen (secondary N) is 1. The lowest BCUT2D eigenvalue weighted by atomic mass is 9.90. The first-order valence-corrected chi connectivity index (χ1v) is 9.62. The molecule has 3 aromatic rings. The van der Waals surface area contributed by atoms with E-state index in [9.17, 15) is 9.59 Å². The Hall–Kier alpha value is -3.40. The summed E-state index contributed by atoms with van der Waals surface area (Å²) < 4.78 is 4.95. The van der Waals surface area contributed by atoms with Crippen LogP contribution in [0.1, 0.15) is 28.2 Å². The minimum Gasteiger partial charge on any atom is -0.467 e. The normalized spacial score (nSPS) is 11.7. The fourth-order valence-electron chi connectivity index (χ4n) is 3.45. The van der Waals surface area contributed by atoms with Crippen LogP contribution < -0.4 is 5.32 Å². The standard InChI is InChI=1S/C25H25NO3/c1-18-10-9-11-19(16-18)17-22(25(28)29-2)26-24(27)23(20-12-5-3-6-13-20)21-14-7-4-8-15-21/h3-16,22-23H,17H2,1-2H3,(H,26,27)/t22-/m1/s1. The van der Waals surface area contributed by atoms with Gasteiger partial charge in [-0.05, 0) is 23.6 Å². The van der Waals surface area contributed by atoms with Crippen LogP contribution in [0.2, 0.25) is 0 Å². The number of benzene rings is 3. The molecular weight excluding hydrogens is 362 g/mol. The molecule has 1 atom stereocenters. The van der Waals surface area contributed by atoms with Gasteiger partial charge in [-0.1, -0.05) is 90.5 Å². The van der Waals surface area contributed by atoms with Gasteiger partial charge < -0.3 is 10.1 Å². The fraction of sp³-hybridized carbons (Fsp3) is 0.200. The van der Waals surface area contributed by atoms with Gasteiger partial charge in [-0.2, -0.15) is 0 Å². The minimum absolute atomic E-state index is 0.231. The van der Waals surface area contributed by atoms with E-state index in [-0.39, 0.29) is 5.91 Å². The van der Waals surface area contributed by atoms with Crippen LogP contribution in [0, 0.1) is 6.92 Å². The molecule has 0 fully saturated rings. The Balaban J connectivity index is 1.88. The molecular formula is C25H25NO3. The van der Waals surface area contributed by atoms with Crippen molar-refractivity contribution in [2.24, 2.45) is 0 Å². The van der Waals surface area contributed by atoms with Crippen LogP contribution in [-0.4, -0.2) is 25.0 Å². The molecule has 4 heteroatoms.